The summed E-state index contributed by atoms with van der Waals surface area (Å²) in [5.74, 6) is 0.0718. The summed E-state index contributed by atoms with van der Waals surface area (Å²) >= 11 is 0. The molecule has 0 bridgehead atoms. The van der Waals surface area contributed by atoms with Gasteiger partial charge in [-0.3, -0.25) is 4.79 Å². The second-order valence-electron chi connectivity index (χ2n) is 5.60. The van der Waals surface area contributed by atoms with E-state index in [-0.39, 0.29) is 5.91 Å². The lowest BCUT2D eigenvalue weighted by atomic mass is 10.0. The number of amides is 1. The minimum absolute atomic E-state index is 0.0718. The molecule has 1 aromatic rings. The summed E-state index contributed by atoms with van der Waals surface area (Å²) in [6.07, 6.45) is 7.29. The summed E-state index contributed by atoms with van der Waals surface area (Å²) in [4.78, 5) is 14.6. The maximum atomic E-state index is 12.6. The number of nitrogens with two attached hydrogens (primary N) is 1. The van der Waals surface area contributed by atoms with Gasteiger partial charge in [0.2, 0.25) is 0 Å². The smallest absolute Gasteiger partial charge is 0.256 e. The lowest BCUT2D eigenvalue weighted by molar-refractivity contribution is 0.0718. The predicted octanol–water partition coefficient (Wildman–Crippen LogP) is 3.37. The van der Waals surface area contributed by atoms with Gasteiger partial charge in [-0.2, -0.15) is 0 Å². The summed E-state index contributed by atoms with van der Waals surface area (Å²) in [6, 6.07) is 6.02. The van der Waals surface area contributed by atoms with Crippen LogP contribution >= 0.6 is 0 Å². The number of aryl methyl sites for hydroxylation is 1. The normalized spacial score (nSPS) is 16.9. The highest BCUT2D eigenvalue weighted by Crippen LogP contribution is 2.24. The molecule has 3 heteroatoms. The SMILES string of the molecule is Cc1cccc(N)c1C(=O)N(C)C1CCCCCC1. The summed E-state index contributed by atoms with van der Waals surface area (Å²) in [5.41, 5.74) is 8.20. The van der Waals surface area contributed by atoms with Gasteiger partial charge in [-0.25, -0.2) is 0 Å². The molecular weight excluding hydrogens is 236 g/mol. The van der Waals surface area contributed by atoms with Crippen LogP contribution in [0.25, 0.3) is 0 Å². The first kappa shape index (κ1) is 13.9. The number of anilines is 1. The Labute approximate surface area is 115 Å². The Kier molecular flexibility index (Phi) is 4.46. The van der Waals surface area contributed by atoms with E-state index >= 15 is 0 Å². The Morgan fingerprint density at radius 2 is 1.84 bits per heavy atom. The van der Waals surface area contributed by atoms with Crippen LogP contribution in [0.4, 0.5) is 5.69 Å². The molecule has 0 spiro atoms. The van der Waals surface area contributed by atoms with E-state index in [1.54, 1.807) is 6.07 Å². The first-order valence-corrected chi connectivity index (χ1v) is 7.23. The Balaban J connectivity index is 2.18. The molecule has 2 N–H and O–H groups in total. The minimum atomic E-state index is 0.0718. The van der Waals surface area contributed by atoms with Gasteiger partial charge in [0.05, 0.1) is 5.56 Å². The van der Waals surface area contributed by atoms with Gasteiger partial charge < -0.3 is 10.6 Å². The molecule has 0 unspecified atom stereocenters. The Morgan fingerprint density at radius 1 is 1.21 bits per heavy atom. The van der Waals surface area contributed by atoms with Gasteiger partial charge in [-0.1, -0.05) is 37.8 Å². The number of nitrogen functional groups attached to an aromatic ring is 1. The van der Waals surface area contributed by atoms with Gasteiger partial charge in [0.25, 0.3) is 5.91 Å². The van der Waals surface area contributed by atoms with E-state index < -0.39 is 0 Å². The highest BCUT2D eigenvalue weighted by molar-refractivity contribution is 6.00. The van der Waals surface area contributed by atoms with Crippen LogP contribution in [0, 0.1) is 6.92 Å². The molecule has 0 aromatic heterocycles. The Morgan fingerprint density at radius 3 is 2.42 bits per heavy atom. The molecule has 3 nitrogen and oxygen atoms in total. The number of hydrogen-bond acceptors (Lipinski definition) is 2. The second kappa shape index (κ2) is 6.09. The summed E-state index contributed by atoms with van der Waals surface area (Å²) in [7, 11) is 1.92. The van der Waals surface area contributed by atoms with Crippen LogP contribution in [0.3, 0.4) is 0 Å². The Bertz CT molecular complexity index is 428. The van der Waals surface area contributed by atoms with Crippen LogP contribution < -0.4 is 5.73 Å². The van der Waals surface area contributed by atoms with Crippen molar-refractivity contribution in [3.8, 4) is 0 Å². The van der Waals surface area contributed by atoms with E-state index in [2.05, 4.69) is 0 Å². The third kappa shape index (κ3) is 3.09. The number of nitrogens with zero attached hydrogens (tertiary/aromatic N) is 1. The minimum Gasteiger partial charge on any atom is -0.398 e. The van der Waals surface area contributed by atoms with E-state index in [0.717, 1.165) is 18.4 Å². The molecule has 1 fully saturated rings. The van der Waals surface area contributed by atoms with Crippen molar-refractivity contribution < 1.29 is 4.79 Å². The quantitative estimate of drug-likeness (QED) is 0.654. The topological polar surface area (TPSA) is 46.3 Å². The molecule has 1 aliphatic carbocycles. The van der Waals surface area contributed by atoms with Crippen LogP contribution in [0.1, 0.15) is 54.4 Å². The van der Waals surface area contributed by atoms with Gasteiger partial charge in [-0.15, -0.1) is 0 Å². The third-order valence-electron chi connectivity index (χ3n) is 4.21. The molecule has 0 heterocycles. The molecule has 1 aliphatic rings. The van der Waals surface area contributed by atoms with Crippen LogP contribution in [-0.4, -0.2) is 23.9 Å². The zero-order valence-corrected chi connectivity index (χ0v) is 12.0. The van der Waals surface area contributed by atoms with Crippen molar-refractivity contribution in [3.05, 3.63) is 29.3 Å². The third-order valence-corrected chi connectivity index (χ3v) is 4.21. The summed E-state index contributed by atoms with van der Waals surface area (Å²) < 4.78 is 0. The van der Waals surface area contributed by atoms with Gasteiger partial charge >= 0.3 is 0 Å². The number of hydrogen-bond donors (Lipinski definition) is 1. The fourth-order valence-electron chi connectivity index (χ4n) is 2.97. The van der Waals surface area contributed by atoms with Crippen molar-refractivity contribution in [2.24, 2.45) is 0 Å². The number of carbonyl (C=O) groups excluding carboxylic acids is 1. The first-order valence-electron chi connectivity index (χ1n) is 7.23. The van der Waals surface area contributed by atoms with Crippen molar-refractivity contribution in [2.75, 3.05) is 12.8 Å². The average Bonchev–Trinajstić information content (AvgIpc) is 2.66. The fraction of sp³-hybridized carbons (Fsp3) is 0.562. The van der Waals surface area contributed by atoms with E-state index in [4.69, 9.17) is 5.73 Å². The van der Waals surface area contributed by atoms with Crippen molar-refractivity contribution >= 4 is 11.6 Å². The number of rotatable bonds is 2. The van der Waals surface area contributed by atoms with E-state index in [9.17, 15) is 4.79 Å². The van der Waals surface area contributed by atoms with Crippen molar-refractivity contribution in [3.63, 3.8) is 0 Å². The largest absolute Gasteiger partial charge is 0.398 e. The van der Waals surface area contributed by atoms with Crippen molar-refractivity contribution in [1.29, 1.82) is 0 Å². The molecule has 0 atom stereocenters. The summed E-state index contributed by atoms with van der Waals surface area (Å²) in [6.45, 7) is 1.95. The van der Waals surface area contributed by atoms with Gasteiger partial charge in [0.1, 0.15) is 0 Å². The molecule has 1 saturated carbocycles. The Hall–Kier alpha value is -1.51. The van der Waals surface area contributed by atoms with Crippen LogP contribution in [-0.2, 0) is 0 Å². The molecule has 0 saturated heterocycles. The fourth-order valence-corrected chi connectivity index (χ4v) is 2.97. The molecule has 104 valence electrons. The van der Waals surface area contributed by atoms with E-state index in [1.807, 2.05) is 31.0 Å². The van der Waals surface area contributed by atoms with Crippen LogP contribution in [0.2, 0.25) is 0 Å². The zero-order valence-electron chi connectivity index (χ0n) is 12.0. The maximum absolute atomic E-state index is 12.6. The van der Waals surface area contributed by atoms with Gasteiger partial charge in [0.15, 0.2) is 0 Å². The van der Waals surface area contributed by atoms with Crippen LogP contribution in [0.15, 0.2) is 18.2 Å². The number of carbonyl (C=O) groups is 1. The lowest BCUT2D eigenvalue weighted by Crippen LogP contribution is -2.37. The number of benzene rings is 1. The molecule has 1 aromatic carbocycles. The standard InChI is InChI=1S/C16H24N2O/c1-12-8-7-11-14(17)15(12)16(19)18(2)13-9-5-3-4-6-10-13/h7-8,11,13H,3-6,9-10,17H2,1-2H3. The lowest BCUT2D eigenvalue weighted by Gasteiger charge is -2.28. The molecule has 2 rings (SSSR count). The second-order valence-corrected chi connectivity index (χ2v) is 5.60. The highest BCUT2D eigenvalue weighted by Gasteiger charge is 2.24. The summed E-state index contributed by atoms with van der Waals surface area (Å²) in [5, 5.41) is 0. The maximum Gasteiger partial charge on any atom is 0.256 e. The van der Waals surface area contributed by atoms with E-state index in [1.165, 1.54) is 25.7 Å². The molecule has 0 radical (unpaired) electrons. The average molecular weight is 260 g/mol. The molecule has 1 amide bonds. The van der Waals surface area contributed by atoms with E-state index in [0.29, 0.717) is 17.3 Å². The zero-order chi connectivity index (χ0) is 13.8. The molecular formula is C16H24N2O. The van der Waals surface area contributed by atoms with Gasteiger partial charge in [-0.05, 0) is 31.4 Å². The van der Waals surface area contributed by atoms with Crippen LogP contribution in [0.5, 0.6) is 0 Å². The predicted molar refractivity (Wildman–Crippen MR) is 79.2 cm³/mol. The van der Waals surface area contributed by atoms with Gasteiger partial charge in [0, 0.05) is 18.8 Å². The molecule has 19 heavy (non-hydrogen) atoms. The van der Waals surface area contributed by atoms with Crippen molar-refractivity contribution in [1.82, 2.24) is 4.90 Å². The highest BCUT2D eigenvalue weighted by atomic mass is 16.2. The van der Waals surface area contributed by atoms with Crippen molar-refractivity contribution in [2.45, 2.75) is 51.5 Å². The molecule has 0 aliphatic heterocycles. The first-order chi connectivity index (χ1) is 9.11. The monoisotopic (exact) mass is 260 g/mol.